The van der Waals surface area contributed by atoms with Gasteiger partial charge in [0.15, 0.2) is 0 Å². The molecule has 4 heteroatoms. The van der Waals surface area contributed by atoms with Crippen LogP contribution in [0.3, 0.4) is 0 Å². The molecular weight excluding hydrogens is 290 g/mol. The standard InChI is InChI=1S/C19H19NO3/c1-14(2)18(20-23-13-15-8-5-4-6-9-15)16-10-7-11-17(12-16)19(21)22-3/h4-12H,1,13H2,2-3H3/b20-18+. The summed E-state index contributed by atoms with van der Waals surface area (Å²) in [5.41, 5.74) is 3.60. The number of ether oxygens (including phenoxy) is 1. The molecule has 0 saturated heterocycles. The fraction of sp³-hybridized carbons (Fsp3) is 0.158. The minimum absolute atomic E-state index is 0.369. The van der Waals surface area contributed by atoms with Gasteiger partial charge in [0, 0.05) is 5.56 Å². The minimum atomic E-state index is -0.391. The summed E-state index contributed by atoms with van der Waals surface area (Å²) in [5, 5.41) is 4.18. The molecule has 0 aliphatic heterocycles. The fourth-order valence-corrected chi connectivity index (χ4v) is 2.03. The van der Waals surface area contributed by atoms with E-state index in [0.29, 0.717) is 17.9 Å². The van der Waals surface area contributed by atoms with E-state index < -0.39 is 5.97 Å². The van der Waals surface area contributed by atoms with Gasteiger partial charge in [-0.2, -0.15) is 0 Å². The third-order valence-corrected chi connectivity index (χ3v) is 3.19. The van der Waals surface area contributed by atoms with Crippen molar-refractivity contribution in [2.45, 2.75) is 13.5 Å². The van der Waals surface area contributed by atoms with Crippen molar-refractivity contribution >= 4 is 11.7 Å². The van der Waals surface area contributed by atoms with Crippen LogP contribution in [-0.2, 0) is 16.2 Å². The first-order valence-electron chi connectivity index (χ1n) is 7.20. The molecule has 0 aliphatic rings. The van der Waals surface area contributed by atoms with Crippen LogP contribution in [0.5, 0.6) is 0 Å². The molecule has 118 valence electrons. The second-order valence-electron chi connectivity index (χ2n) is 5.05. The van der Waals surface area contributed by atoms with Gasteiger partial charge >= 0.3 is 5.97 Å². The number of allylic oxidation sites excluding steroid dienone is 1. The maximum absolute atomic E-state index is 11.6. The van der Waals surface area contributed by atoms with Crippen LogP contribution in [0.4, 0.5) is 0 Å². The second-order valence-corrected chi connectivity index (χ2v) is 5.05. The Bertz CT molecular complexity index is 720. The molecule has 0 amide bonds. The zero-order chi connectivity index (χ0) is 16.7. The summed E-state index contributed by atoms with van der Waals surface area (Å²) in [6.07, 6.45) is 0. The third-order valence-electron chi connectivity index (χ3n) is 3.19. The molecule has 4 nitrogen and oxygen atoms in total. The smallest absolute Gasteiger partial charge is 0.337 e. The maximum Gasteiger partial charge on any atom is 0.337 e. The number of hydrogen-bond donors (Lipinski definition) is 0. The Balaban J connectivity index is 2.19. The summed E-state index contributed by atoms with van der Waals surface area (Å²) in [6.45, 7) is 6.14. The van der Waals surface area contributed by atoms with Crippen molar-refractivity contribution in [1.29, 1.82) is 0 Å². The molecule has 0 radical (unpaired) electrons. The molecule has 0 spiro atoms. The highest BCUT2D eigenvalue weighted by atomic mass is 16.6. The average molecular weight is 309 g/mol. The molecule has 0 N–H and O–H groups in total. The molecular formula is C19H19NO3. The Morgan fingerprint density at radius 2 is 1.78 bits per heavy atom. The number of benzene rings is 2. The number of methoxy groups -OCH3 is 1. The predicted octanol–water partition coefficient (Wildman–Crippen LogP) is 3.97. The predicted molar refractivity (Wildman–Crippen MR) is 90.4 cm³/mol. The number of hydrogen-bond acceptors (Lipinski definition) is 4. The molecule has 2 rings (SSSR count). The summed E-state index contributed by atoms with van der Waals surface area (Å²) in [6, 6.07) is 16.8. The highest BCUT2D eigenvalue weighted by Gasteiger charge is 2.10. The monoisotopic (exact) mass is 309 g/mol. The molecule has 0 fully saturated rings. The van der Waals surface area contributed by atoms with Crippen LogP contribution in [-0.4, -0.2) is 18.8 Å². The van der Waals surface area contributed by atoms with E-state index in [1.807, 2.05) is 43.3 Å². The van der Waals surface area contributed by atoms with Crippen LogP contribution in [0.25, 0.3) is 0 Å². The van der Waals surface area contributed by atoms with E-state index in [1.54, 1.807) is 18.2 Å². The molecule has 2 aromatic carbocycles. The van der Waals surface area contributed by atoms with E-state index >= 15 is 0 Å². The van der Waals surface area contributed by atoms with E-state index in [2.05, 4.69) is 11.7 Å². The van der Waals surface area contributed by atoms with Crippen LogP contribution < -0.4 is 0 Å². The van der Waals surface area contributed by atoms with Crippen molar-refractivity contribution in [2.75, 3.05) is 7.11 Å². The lowest BCUT2D eigenvalue weighted by molar-refractivity contribution is 0.0600. The molecule has 2 aromatic rings. The first-order valence-corrected chi connectivity index (χ1v) is 7.20. The number of nitrogens with zero attached hydrogens (tertiary/aromatic N) is 1. The van der Waals surface area contributed by atoms with Gasteiger partial charge in [0.1, 0.15) is 12.3 Å². The average Bonchev–Trinajstić information content (AvgIpc) is 2.58. The minimum Gasteiger partial charge on any atom is -0.465 e. The van der Waals surface area contributed by atoms with Crippen molar-refractivity contribution in [1.82, 2.24) is 0 Å². The van der Waals surface area contributed by atoms with Crippen LogP contribution in [0, 0.1) is 0 Å². The summed E-state index contributed by atoms with van der Waals surface area (Å²) in [4.78, 5) is 17.1. The zero-order valence-electron chi connectivity index (χ0n) is 13.3. The molecule has 0 bridgehead atoms. The summed E-state index contributed by atoms with van der Waals surface area (Å²) >= 11 is 0. The SMILES string of the molecule is C=C(C)/C(=N\OCc1ccccc1)c1cccc(C(=O)OC)c1. The number of oxime groups is 1. The van der Waals surface area contributed by atoms with Crippen molar-refractivity contribution in [3.63, 3.8) is 0 Å². The molecule has 0 heterocycles. The third kappa shape index (κ3) is 4.54. The highest BCUT2D eigenvalue weighted by molar-refractivity contribution is 6.12. The topological polar surface area (TPSA) is 47.9 Å². The van der Waals surface area contributed by atoms with Gasteiger partial charge in [-0.3, -0.25) is 0 Å². The number of carbonyl (C=O) groups is 1. The van der Waals surface area contributed by atoms with Crippen molar-refractivity contribution in [2.24, 2.45) is 5.16 Å². The van der Waals surface area contributed by atoms with Gasteiger partial charge in [-0.25, -0.2) is 4.79 Å². The van der Waals surface area contributed by atoms with Gasteiger partial charge in [0.2, 0.25) is 0 Å². The van der Waals surface area contributed by atoms with Gasteiger partial charge < -0.3 is 9.57 Å². The quantitative estimate of drug-likeness (QED) is 0.461. The lowest BCUT2D eigenvalue weighted by Crippen LogP contribution is -2.07. The first kappa shape index (κ1) is 16.5. The molecule has 0 aliphatic carbocycles. The van der Waals surface area contributed by atoms with E-state index in [1.165, 1.54) is 7.11 Å². The highest BCUT2D eigenvalue weighted by Crippen LogP contribution is 2.13. The number of rotatable bonds is 6. The van der Waals surface area contributed by atoms with E-state index in [4.69, 9.17) is 9.57 Å². The Hall–Kier alpha value is -2.88. The van der Waals surface area contributed by atoms with Crippen LogP contribution in [0.2, 0.25) is 0 Å². The Kier molecular flexibility index (Phi) is 5.69. The first-order chi connectivity index (χ1) is 11.1. The van der Waals surface area contributed by atoms with Gasteiger partial charge in [-0.05, 0) is 30.2 Å². The van der Waals surface area contributed by atoms with Crippen LogP contribution >= 0.6 is 0 Å². The largest absolute Gasteiger partial charge is 0.465 e. The van der Waals surface area contributed by atoms with Crippen molar-refractivity contribution in [3.8, 4) is 0 Å². The molecule has 0 atom stereocenters. The number of carbonyl (C=O) groups excluding carboxylic acids is 1. The molecule has 0 saturated carbocycles. The summed E-state index contributed by atoms with van der Waals surface area (Å²) in [7, 11) is 1.35. The maximum atomic E-state index is 11.6. The van der Waals surface area contributed by atoms with Gasteiger partial charge in [0.25, 0.3) is 0 Å². The number of esters is 1. The molecule has 23 heavy (non-hydrogen) atoms. The summed E-state index contributed by atoms with van der Waals surface area (Å²) in [5.74, 6) is -0.391. The Morgan fingerprint density at radius 3 is 2.43 bits per heavy atom. The van der Waals surface area contributed by atoms with E-state index in [9.17, 15) is 4.79 Å². The van der Waals surface area contributed by atoms with Gasteiger partial charge in [-0.1, -0.05) is 54.2 Å². The summed E-state index contributed by atoms with van der Waals surface area (Å²) < 4.78 is 4.74. The van der Waals surface area contributed by atoms with Crippen molar-refractivity contribution in [3.05, 3.63) is 83.4 Å². The van der Waals surface area contributed by atoms with E-state index in [-0.39, 0.29) is 0 Å². The van der Waals surface area contributed by atoms with Gasteiger partial charge in [-0.15, -0.1) is 0 Å². The van der Waals surface area contributed by atoms with E-state index in [0.717, 1.165) is 16.7 Å². The van der Waals surface area contributed by atoms with Gasteiger partial charge in [0.05, 0.1) is 12.7 Å². The van der Waals surface area contributed by atoms with Crippen molar-refractivity contribution < 1.29 is 14.4 Å². The normalized spacial score (nSPS) is 11.0. The molecule has 0 unspecified atom stereocenters. The zero-order valence-corrected chi connectivity index (χ0v) is 13.3. The Labute approximate surface area is 136 Å². The lowest BCUT2D eigenvalue weighted by atomic mass is 10.0. The second kappa shape index (κ2) is 7.94. The van der Waals surface area contributed by atoms with Crippen LogP contribution in [0.15, 0.2) is 71.9 Å². The Morgan fingerprint density at radius 1 is 1.09 bits per heavy atom. The fourth-order valence-electron chi connectivity index (χ4n) is 2.03. The lowest BCUT2D eigenvalue weighted by Gasteiger charge is -2.08. The molecule has 0 aromatic heterocycles. The van der Waals surface area contributed by atoms with Crippen LogP contribution in [0.1, 0.15) is 28.4 Å².